The van der Waals surface area contributed by atoms with Crippen LogP contribution >= 0.6 is 0 Å². The molecule has 0 radical (unpaired) electrons. The number of piperidine rings is 1. The Kier molecular flexibility index (Phi) is 6.94. The number of carbonyl (C=O) groups is 2. The van der Waals surface area contributed by atoms with E-state index in [0.29, 0.717) is 46.5 Å². The average Bonchev–Trinajstić information content (AvgIpc) is 3.48. The summed E-state index contributed by atoms with van der Waals surface area (Å²) < 4.78 is 29.5. The number of nitrogens with one attached hydrogen (secondary N) is 1. The van der Waals surface area contributed by atoms with Gasteiger partial charge in [-0.25, -0.2) is 19.2 Å². The largest absolute Gasteiger partial charge is 0.494 e. The standard InChI is InChI=1S/C35H36FN7O4/c1-41-31-26(13-22(15-29(31)46-2)34(44)43-17-21-8-11-27(43)30(21)37)39-33(41)28-14-20-7-9-24(38-32(20)42(28)16-18-4-5-18)19-6-10-25(23(36)12-19)40-35(45)47-3/h6-7,9-10,12-15,18,21,27,30H,4-5,8,11,16-17,37H2,1-3H3,(H,40,45)/t21-,27-,30-/m1/s1. The number of rotatable bonds is 7. The van der Waals surface area contributed by atoms with Gasteiger partial charge in [0.15, 0.2) is 5.82 Å². The second kappa shape index (κ2) is 11.1. The molecule has 3 N–H and O–H groups in total. The Bertz CT molecular complexity index is 2080. The molecule has 4 heterocycles. The molecule has 3 aromatic heterocycles. The van der Waals surface area contributed by atoms with Crippen LogP contribution in [0.25, 0.3) is 44.8 Å². The Labute approximate surface area is 270 Å². The number of benzene rings is 2. The van der Waals surface area contributed by atoms with Crippen LogP contribution in [-0.2, 0) is 18.3 Å². The van der Waals surface area contributed by atoms with Crippen molar-refractivity contribution >= 4 is 39.8 Å². The summed E-state index contributed by atoms with van der Waals surface area (Å²) in [5, 5.41) is 3.31. The first-order chi connectivity index (χ1) is 22.7. The van der Waals surface area contributed by atoms with Gasteiger partial charge in [0, 0.05) is 48.7 Å². The second-order valence-electron chi connectivity index (χ2n) is 13.0. The quantitative estimate of drug-likeness (QED) is 0.239. The maximum absolute atomic E-state index is 14.9. The normalized spacial score (nSPS) is 20.4. The maximum atomic E-state index is 14.9. The first-order valence-electron chi connectivity index (χ1n) is 16.0. The number of hydrogen-bond donors (Lipinski definition) is 2. The molecule has 1 saturated heterocycles. The van der Waals surface area contributed by atoms with Crippen molar-refractivity contribution in [2.75, 3.05) is 26.1 Å². The van der Waals surface area contributed by atoms with Gasteiger partial charge >= 0.3 is 6.09 Å². The molecule has 47 heavy (non-hydrogen) atoms. The zero-order valence-electron chi connectivity index (χ0n) is 26.5. The number of halogens is 1. The maximum Gasteiger partial charge on any atom is 0.411 e. The lowest BCUT2D eigenvalue weighted by atomic mass is 10.1. The molecular formula is C35H36FN7O4. The molecule has 12 heteroatoms. The fraction of sp³-hybridized carbons (Fsp3) is 0.371. The van der Waals surface area contributed by atoms with Crippen LogP contribution < -0.4 is 15.8 Å². The number of fused-ring (bicyclic) bond motifs is 4. The van der Waals surface area contributed by atoms with E-state index in [9.17, 15) is 14.0 Å². The van der Waals surface area contributed by atoms with Crippen molar-refractivity contribution < 1.29 is 23.5 Å². The molecule has 5 aromatic rings. The molecule has 2 aromatic carbocycles. The van der Waals surface area contributed by atoms with Crippen molar-refractivity contribution in [2.24, 2.45) is 24.6 Å². The molecule has 8 rings (SSSR count). The summed E-state index contributed by atoms with van der Waals surface area (Å²) >= 11 is 0. The van der Waals surface area contributed by atoms with E-state index in [0.717, 1.165) is 60.3 Å². The Morgan fingerprint density at radius 2 is 1.87 bits per heavy atom. The summed E-state index contributed by atoms with van der Waals surface area (Å²) in [4.78, 5) is 37.3. The van der Waals surface area contributed by atoms with Crippen LogP contribution in [0.2, 0.25) is 0 Å². The van der Waals surface area contributed by atoms with E-state index in [1.165, 1.54) is 19.2 Å². The number of aromatic nitrogens is 4. The van der Waals surface area contributed by atoms with Gasteiger partial charge in [-0.2, -0.15) is 0 Å². The lowest BCUT2D eigenvalue weighted by Crippen LogP contribution is -2.41. The van der Waals surface area contributed by atoms with Crippen molar-refractivity contribution in [1.82, 2.24) is 24.0 Å². The number of carbonyl (C=O) groups excluding carboxylic acids is 2. The number of anilines is 1. The first kappa shape index (κ1) is 29.4. The van der Waals surface area contributed by atoms with E-state index in [-0.39, 0.29) is 23.7 Å². The predicted octanol–water partition coefficient (Wildman–Crippen LogP) is 5.55. The molecule has 1 aliphatic heterocycles. The van der Waals surface area contributed by atoms with Gasteiger partial charge < -0.3 is 29.2 Å². The molecule has 2 bridgehead atoms. The summed E-state index contributed by atoms with van der Waals surface area (Å²) in [7, 11) is 4.79. The Hall–Kier alpha value is -4.97. The molecule has 3 fully saturated rings. The van der Waals surface area contributed by atoms with E-state index in [4.69, 9.17) is 20.4 Å². The van der Waals surface area contributed by atoms with Crippen molar-refractivity contribution in [2.45, 2.75) is 44.3 Å². The van der Waals surface area contributed by atoms with E-state index in [1.54, 1.807) is 13.2 Å². The molecule has 3 aliphatic rings. The fourth-order valence-corrected chi connectivity index (χ4v) is 7.42. The number of methoxy groups -OCH3 is 2. The smallest absolute Gasteiger partial charge is 0.411 e. The summed E-state index contributed by atoms with van der Waals surface area (Å²) in [6, 6.07) is 14.3. The van der Waals surface area contributed by atoms with Gasteiger partial charge in [-0.15, -0.1) is 0 Å². The monoisotopic (exact) mass is 637 g/mol. The summed E-state index contributed by atoms with van der Waals surface area (Å²) in [5.74, 6) is 1.58. The fourth-order valence-electron chi connectivity index (χ4n) is 7.42. The van der Waals surface area contributed by atoms with Gasteiger partial charge in [-0.1, -0.05) is 6.07 Å². The van der Waals surface area contributed by atoms with E-state index >= 15 is 0 Å². The number of aryl methyl sites for hydroxylation is 1. The Balaban J connectivity index is 1.20. The predicted molar refractivity (Wildman–Crippen MR) is 176 cm³/mol. The molecule has 242 valence electrons. The molecule has 2 amide bonds. The van der Waals surface area contributed by atoms with Crippen molar-refractivity contribution in [3.63, 3.8) is 0 Å². The molecule has 2 aliphatic carbocycles. The van der Waals surface area contributed by atoms with E-state index in [1.807, 2.05) is 40.8 Å². The average molecular weight is 638 g/mol. The Morgan fingerprint density at radius 3 is 2.55 bits per heavy atom. The lowest BCUT2D eigenvalue weighted by Gasteiger charge is -2.27. The van der Waals surface area contributed by atoms with Gasteiger partial charge in [0.1, 0.15) is 22.7 Å². The summed E-state index contributed by atoms with van der Waals surface area (Å²) in [5.41, 5.74) is 11.3. The Morgan fingerprint density at radius 1 is 1.04 bits per heavy atom. The summed E-state index contributed by atoms with van der Waals surface area (Å²) in [6.45, 7) is 1.46. The molecule has 3 atom stereocenters. The van der Waals surface area contributed by atoms with Crippen molar-refractivity contribution in [3.05, 3.63) is 59.9 Å². The second-order valence-corrected chi connectivity index (χ2v) is 13.0. The van der Waals surface area contributed by atoms with Crippen LogP contribution in [0.15, 0.2) is 48.5 Å². The number of pyridine rings is 1. The highest BCUT2D eigenvalue weighted by molar-refractivity contribution is 6.00. The highest BCUT2D eigenvalue weighted by atomic mass is 19.1. The van der Waals surface area contributed by atoms with Crippen LogP contribution in [0.4, 0.5) is 14.9 Å². The number of ether oxygens (including phenoxy) is 2. The summed E-state index contributed by atoms with van der Waals surface area (Å²) in [6.07, 6.45) is 3.56. The van der Waals surface area contributed by atoms with E-state index < -0.39 is 11.9 Å². The number of likely N-dealkylation sites (tertiary alicyclic amines) is 1. The number of nitrogens with zero attached hydrogens (tertiary/aromatic N) is 5. The lowest BCUT2D eigenvalue weighted by molar-refractivity contribution is 0.0700. The van der Waals surface area contributed by atoms with Crippen LogP contribution in [0.5, 0.6) is 5.75 Å². The minimum Gasteiger partial charge on any atom is -0.494 e. The van der Waals surface area contributed by atoms with Gasteiger partial charge in [0.05, 0.1) is 36.8 Å². The minimum atomic E-state index is -0.743. The van der Waals surface area contributed by atoms with Crippen LogP contribution in [0.1, 0.15) is 36.0 Å². The van der Waals surface area contributed by atoms with Crippen molar-refractivity contribution in [3.8, 4) is 28.5 Å². The third-order valence-corrected chi connectivity index (χ3v) is 10.1. The van der Waals surface area contributed by atoms with Gasteiger partial charge in [0.2, 0.25) is 0 Å². The zero-order chi connectivity index (χ0) is 32.6. The van der Waals surface area contributed by atoms with Gasteiger partial charge in [-0.3, -0.25) is 10.1 Å². The topological polar surface area (TPSA) is 130 Å². The highest BCUT2D eigenvalue weighted by Crippen LogP contribution is 2.40. The third kappa shape index (κ3) is 4.89. The van der Waals surface area contributed by atoms with Crippen LogP contribution in [0, 0.1) is 17.7 Å². The van der Waals surface area contributed by atoms with Gasteiger partial charge in [0.25, 0.3) is 5.91 Å². The molecule has 0 unspecified atom stereocenters. The molecule has 2 saturated carbocycles. The number of nitrogens with two attached hydrogens (primary N) is 1. The zero-order valence-corrected chi connectivity index (χ0v) is 26.5. The highest BCUT2D eigenvalue weighted by Gasteiger charge is 2.47. The van der Waals surface area contributed by atoms with Crippen LogP contribution in [-0.4, -0.2) is 68.9 Å². The molecule has 0 spiro atoms. The molecule has 11 nitrogen and oxygen atoms in total. The SMILES string of the molecule is COC(=O)Nc1ccc(-c2ccc3cc(-c4nc5cc(C(=O)N6C[C@H]7CC[C@@H]6[C@@H]7N)cc(OC)c5n4C)n(CC4CC4)c3n2)cc1F. The number of amides is 2. The molecular weight excluding hydrogens is 601 g/mol. The minimum absolute atomic E-state index is 0.0273. The number of hydrogen-bond acceptors (Lipinski definition) is 7. The van der Waals surface area contributed by atoms with Crippen molar-refractivity contribution in [1.29, 1.82) is 0 Å². The number of imidazole rings is 1. The van der Waals surface area contributed by atoms with Gasteiger partial charge in [-0.05, 0) is 80.0 Å². The van der Waals surface area contributed by atoms with E-state index in [2.05, 4.69) is 20.7 Å². The van der Waals surface area contributed by atoms with Crippen LogP contribution in [0.3, 0.4) is 0 Å². The third-order valence-electron chi connectivity index (χ3n) is 10.1. The first-order valence-corrected chi connectivity index (χ1v) is 16.0.